The molecule has 0 unspecified atom stereocenters. The van der Waals surface area contributed by atoms with E-state index in [1.54, 1.807) is 0 Å². The van der Waals surface area contributed by atoms with Crippen LogP contribution in [0.3, 0.4) is 0 Å². The molecule has 148 valence electrons. The van der Waals surface area contributed by atoms with Gasteiger partial charge in [0.25, 0.3) is 0 Å². The maximum Gasteiger partial charge on any atom is 0.410 e. The fraction of sp³-hybridized carbons (Fsp3) is 0.947. The lowest BCUT2D eigenvalue weighted by Crippen LogP contribution is -2.51. The standard InChI is InChI=1S/C19H37N3O2.ClH/c1-16(2)22(17(3)4)15-12-20-10-13-21(14-11-20)19(23)24-18-8-6-5-7-9-18;/h16-18H,5-15H2,1-4H3;1H. The Labute approximate surface area is 160 Å². The molecule has 1 heterocycles. The van der Waals surface area contributed by atoms with Crippen molar-refractivity contribution in [1.82, 2.24) is 14.7 Å². The largest absolute Gasteiger partial charge is 0.446 e. The molecule has 1 aliphatic carbocycles. The van der Waals surface area contributed by atoms with Crippen LogP contribution in [0.2, 0.25) is 0 Å². The van der Waals surface area contributed by atoms with Crippen molar-refractivity contribution in [2.45, 2.75) is 78.0 Å². The van der Waals surface area contributed by atoms with E-state index in [4.69, 9.17) is 4.74 Å². The maximum atomic E-state index is 12.3. The first kappa shape index (κ1) is 22.5. The lowest BCUT2D eigenvalue weighted by molar-refractivity contribution is 0.0309. The Morgan fingerprint density at radius 2 is 1.56 bits per heavy atom. The summed E-state index contributed by atoms with van der Waals surface area (Å²) in [6.45, 7) is 14.8. The summed E-state index contributed by atoms with van der Waals surface area (Å²) in [5, 5.41) is 0. The predicted octanol–water partition coefficient (Wildman–Crippen LogP) is 3.61. The van der Waals surface area contributed by atoms with Gasteiger partial charge in [-0.3, -0.25) is 9.80 Å². The number of rotatable bonds is 6. The van der Waals surface area contributed by atoms with Crippen LogP contribution in [0.25, 0.3) is 0 Å². The van der Waals surface area contributed by atoms with Crippen molar-refractivity contribution < 1.29 is 9.53 Å². The number of carbonyl (C=O) groups is 1. The van der Waals surface area contributed by atoms with Gasteiger partial charge < -0.3 is 9.64 Å². The van der Waals surface area contributed by atoms with Crippen LogP contribution < -0.4 is 0 Å². The lowest BCUT2D eigenvalue weighted by Gasteiger charge is -2.37. The fourth-order valence-electron chi connectivity index (χ4n) is 3.92. The first-order valence-corrected chi connectivity index (χ1v) is 9.91. The molecule has 0 bridgehead atoms. The molecule has 6 heteroatoms. The Kier molecular flexibility index (Phi) is 10.1. The van der Waals surface area contributed by atoms with E-state index in [0.29, 0.717) is 12.1 Å². The highest BCUT2D eigenvalue weighted by atomic mass is 35.5. The quantitative estimate of drug-likeness (QED) is 0.710. The van der Waals surface area contributed by atoms with Gasteiger partial charge in [0.05, 0.1) is 0 Å². The summed E-state index contributed by atoms with van der Waals surface area (Å²) < 4.78 is 5.69. The maximum absolute atomic E-state index is 12.3. The molecule has 1 amide bonds. The molecular formula is C19H38ClN3O2. The second kappa shape index (κ2) is 11.2. The monoisotopic (exact) mass is 375 g/mol. The van der Waals surface area contributed by atoms with Crippen LogP contribution in [-0.4, -0.2) is 78.2 Å². The molecule has 2 fully saturated rings. The number of amides is 1. The van der Waals surface area contributed by atoms with Gasteiger partial charge >= 0.3 is 6.09 Å². The van der Waals surface area contributed by atoms with E-state index < -0.39 is 0 Å². The molecule has 0 aromatic carbocycles. The number of halogens is 1. The van der Waals surface area contributed by atoms with Gasteiger partial charge in [0.2, 0.25) is 0 Å². The van der Waals surface area contributed by atoms with Crippen LogP contribution in [0.5, 0.6) is 0 Å². The van der Waals surface area contributed by atoms with Crippen LogP contribution in [0.15, 0.2) is 0 Å². The first-order chi connectivity index (χ1) is 11.5. The van der Waals surface area contributed by atoms with E-state index >= 15 is 0 Å². The summed E-state index contributed by atoms with van der Waals surface area (Å²) in [5.41, 5.74) is 0. The van der Waals surface area contributed by atoms with Gasteiger partial charge in [-0.2, -0.15) is 0 Å². The van der Waals surface area contributed by atoms with Crippen molar-refractivity contribution in [2.24, 2.45) is 0 Å². The SMILES string of the molecule is CC(C)N(CCN1CCN(C(=O)OC2CCCCC2)CC1)C(C)C.Cl. The summed E-state index contributed by atoms with van der Waals surface area (Å²) in [7, 11) is 0. The second-order valence-electron chi connectivity index (χ2n) is 7.90. The van der Waals surface area contributed by atoms with E-state index in [0.717, 1.165) is 52.1 Å². The van der Waals surface area contributed by atoms with Gasteiger partial charge in [0.1, 0.15) is 6.10 Å². The third-order valence-corrected chi connectivity index (χ3v) is 5.45. The van der Waals surface area contributed by atoms with Gasteiger partial charge in [-0.05, 0) is 53.4 Å². The van der Waals surface area contributed by atoms with E-state index in [1.807, 2.05) is 4.90 Å². The third kappa shape index (κ3) is 7.32. The summed E-state index contributed by atoms with van der Waals surface area (Å²) >= 11 is 0. The van der Waals surface area contributed by atoms with Crippen molar-refractivity contribution in [3.63, 3.8) is 0 Å². The van der Waals surface area contributed by atoms with Gasteiger partial charge in [-0.15, -0.1) is 12.4 Å². The van der Waals surface area contributed by atoms with Gasteiger partial charge in [0, 0.05) is 51.4 Å². The average Bonchev–Trinajstić information content (AvgIpc) is 2.56. The minimum atomic E-state index is -0.0902. The number of hydrogen-bond donors (Lipinski definition) is 0. The minimum absolute atomic E-state index is 0. The normalized spacial score (nSPS) is 20.2. The molecule has 1 saturated carbocycles. The molecule has 0 aromatic heterocycles. The smallest absolute Gasteiger partial charge is 0.410 e. The highest BCUT2D eigenvalue weighted by Gasteiger charge is 2.26. The van der Waals surface area contributed by atoms with Crippen LogP contribution in [0.4, 0.5) is 4.79 Å². The molecule has 0 N–H and O–H groups in total. The second-order valence-corrected chi connectivity index (χ2v) is 7.90. The van der Waals surface area contributed by atoms with E-state index in [9.17, 15) is 4.79 Å². The van der Waals surface area contributed by atoms with E-state index in [2.05, 4.69) is 37.5 Å². The number of ether oxygens (including phenoxy) is 1. The first-order valence-electron chi connectivity index (χ1n) is 9.91. The average molecular weight is 376 g/mol. The molecule has 0 atom stereocenters. The summed E-state index contributed by atoms with van der Waals surface area (Å²) in [5.74, 6) is 0. The van der Waals surface area contributed by atoms with Gasteiger partial charge in [-0.25, -0.2) is 4.79 Å². The highest BCUT2D eigenvalue weighted by Crippen LogP contribution is 2.21. The molecule has 25 heavy (non-hydrogen) atoms. The Balaban J connectivity index is 0.00000312. The Morgan fingerprint density at radius 1 is 1.00 bits per heavy atom. The molecular weight excluding hydrogens is 338 g/mol. The van der Waals surface area contributed by atoms with Crippen LogP contribution in [0.1, 0.15) is 59.8 Å². The fourth-order valence-corrected chi connectivity index (χ4v) is 3.92. The highest BCUT2D eigenvalue weighted by molar-refractivity contribution is 5.85. The van der Waals surface area contributed by atoms with Crippen LogP contribution in [-0.2, 0) is 4.74 Å². The third-order valence-electron chi connectivity index (χ3n) is 5.45. The van der Waals surface area contributed by atoms with E-state index in [1.165, 1.54) is 19.3 Å². The number of nitrogens with zero attached hydrogens (tertiary/aromatic N) is 3. The van der Waals surface area contributed by atoms with Crippen molar-refractivity contribution in [3.8, 4) is 0 Å². The molecule has 0 radical (unpaired) electrons. The van der Waals surface area contributed by atoms with Crippen molar-refractivity contribution in [3.05, 3.63) is 0 Å². The Hall–Kier alpha value is -0.520. The molecule has 1 aliphatic heterocycles. The zero-order valence-corrected chi connectivity index (χ0v) is 17.4. The molecule has 5 nitrogen and oxygen atoms in total. The number of carbonyl (C=O) groups excluding carboxylic acids is 1. The minimum Gasteiger partial charge on any atom is -0.446 e. The number of hydrogen-bond acceptors (Lipinski definition) is 4. The molecule has 2 aliphatic rings. The van der Waals surface area contributed by atoms with Crippen molar-refractivity contribution in [2.75, 3.05) is 39.3 Å². The summed E-state index contributed by atoms with van der Waals surface area (Å²) in [6.07, 6.45) is 5.86. The summed E-state index contributed by atoms with van der Waals surface area (Å²) in [6, 6.07) is 1.16. The van der Waals surface area contributed by atoms with Crippen LogP contribution >= 0.6 is 12.4 Å². The van der Waals surface area contributed by atoms with Crippen molar-refractivity contribution in [1.29, 1.82) is 0 Å². The molecule has 1 saturated heterocycles. The van der Waals surface area contributed by atoms with Gasteiger partial charge in [0.15, 0.2) is 0 Å². The lowest BCUT2D eigenvalue weighted by atomic mass is 9.98. The van der Waals surface area contributed by atoms with E-state index in [-0.39, 0.29) is 24.6 Å². The van der Waals surface area contributed by atoms with Gasteiger partial charge in [-0.1, -0.05) is 6.42 Å². The molecule has 0 aromatic rings. The zero-order chi connectivity index (χ0) is 17.5. The topological polar surface area (TPSA) is 36.0 Å². The van der Waals surface area contributed by atoms with Crippen LogP contribution in [0, 0.1) is 0 Å². The molecule has 2 rings (SSSR count). The molecule has 0 spiro atoms. The zero-order valence-electron chi connectivity index (χ0n) is 16.6. The predicted molar refractivity (Wildman–Crippen MR) is 106 cm³/mol. The van der Waals surface area contributed by atoms with Crippen molar-refractivity contribution >= 4 is 18.5 Å². The number of piperazine rings is 1. The Bertz CT molecular complexity index is 371. The Morgan fingerprint density at radius 3 is 2.08 bits per heavy atom. The summed E-state index contributed by atoms with van der Waals surface area (Å²) in [4.78, 5) is 19.2.